The molecule has 2 aromatic carbocycles. The number of nitrogens with one attached hydrogen (secondary N) is 1. The molecule has 19 heteroatoms. The number of rotatable bonds is 3. The van der Waals surface area contributed by atoms with E-state index < -0.39 is 48.5 Å². The van der Waals surface area contributed by atoms with E-state index in [9.17, 15) is 36.0 Å². The number of ether oxygens (including phenoxy) is 2. The van der Waals surface area contributed by atoms with Crippen LogP contribution < -0.4 is 5.32 Å². The molecular formula is C36H47Cl3N4O10S2. The lowest BCUT2D eigenvalue weighted by atomic mass is 9.93. The minimum absolute atomic E-state index is 0.0106. The maximum absolute atomic E-state index is 13.2. The van der Waals surface area contributed by atoms with Crippen molar-refractivity contribution in [1.29, 1.82) is 0 Å². The largest absolute Gasteiger partial charge is 0.444 e. The van der Waals surface area contributed by atoms with Crippen LogP contribution in [0.25, 0.3) is 0 Å². The Morgan fingerprint density at radius 2 is 1.00 bits per heavy atom. The van der Waals surface area contributed by atoms with E-state index in [0.29, 0.717) is 41.8 Å². The van der Waals surface area contributed by atoms with Gasteiger partial charge in [-0.05, 0) is 90.1 Å². The first-order valence-corrected chi connectivity index (χ1v) is 22.1. The molecule has 4 bridgehead atoms. The fourth-order valence-electron chi connectivity index (χ4n) is 6.55. The Morgan fingerprint density at radius 1 is 0.636 bits per heavy atom. The van der Waals surface area contributed by atoms with Crippen LogP contribution in [0.3, 0.4) is 0 Å². The number of nitrogens with zero attached hydrogens (tertiary/aromatic N) is 3. The summed E-state index contributed by atoms with van der Waals surface area (Å²) in [5.41, 5.74) is -1.11. The number of hydrogen-bond acceptors (Lipinski definition) is 11. The van der Waals surface area contributed by atoms with Gasteiger partial charge >= 0.3 is 12.2 Å². The zero-order valence-corrected chi connectivity index (χ0v) is 35.4. The van der Waals surface area contributed by atoms with Crippen molar-refractivity contribution >= 4 is 76.7 Å². The third kappa shape index (κ3) is 13.0. The second kappa shape index (κ2) is 17.7. The Labute approximate surface area is 337 Å². The number of carbonyl (C=O) groups excluding carboxylic acids is 4. The zero-order valence-electron chi connectivity index (χ0n) is 31.5. The number of fused-ring (bicyclic) bond motifs is 4. The van der Waals surface area contributed by atoms with E-state index in [1.807, 2.05) is 20.8 Å². The number of piperidine rings is 2. The maximum atomic E-state index is 13.2. The van der Waals surface area contributed by atoms with Crippen LogP contribution in [0.15, 0.2) is 58.3 Å². The molecule has 4 unspecified atom stereocenters. The molecular weight excluding hydrogens is 819 g/mol. The van der Waals surface area contributed by atoms with Crippen LogP contribution in [0, 0.1) is 0 Å². The van der Waals surface area contributed by atoms with Crippen LogP contribution >= 0.6 is 33.9 Å². The Hall–Kier alpha value is -2.99. The first-order chi connectivity index (χ1) is 25.3. The predicted octanol–water partition coefficient (Wildman–Crippen LogP) is 5.88. The first kappa shape index (κ1) is 44.7. The van der Waals surface area contributed by atoms with Crippen molar-refractivity contribution in [2.45, 2.75) is 112 Å². The summed E-state index contributed by atoms with van der Waals surface area (Å²) >= 11 is 11.4. The molecule has 4 fully saturated rings. The summed E-state index contributed by atoms with van der Waals surface area (Å²) in [5, 5.41) is 4.28. The topological polar surface area (TPSA) is 177 Å². The van der Waals surface area contributed by atoms with Crippen LogP contribution in [-0.2, 0) is 38.1 Å². The summed E-state index contributed by atoms with van der Waals surface area (Å²) in [6.07, 6.45) is 0.454. The summed E-state index contributed by atoms with van der Waals surface area (Å²) in [7, 11) is -2.37. The average molecular weight is 866 g/mol. The molecule has 2 aromatic rings. The lowest BCUT2D eigenvalue weighted by molar-refractivity contribution is -0.125. The predicted molar refractivity (Wildman–Crippen MR) is 207 cm³/mol. The van der Waals surface area contributed by atoms with Gasteiger partial charge in [0.1, 0.15) is 22.8 Å². The highest BCUT2D eigenvalue weighted by atomic mass is 35.7. The summed E-state index contributed by atoms with van der Waals surface area (Å²) in [6.45, 7) is 12.3. The van der Waals surface area contributed by atoms with Gasteiger partial charge in [-0.15, -0.1) is 0 Å². The molecule has 6 rings (SSSR count). The lowest BCUT2D eigenvalue weighted by Crippen LogP contribution is -2.65. The summed E-state index contributed by atoms with van der Waals surface area (Å²) < 4.78 is 59.8. The van der Waals surface area contributed by atoms with Crippen LogP contribution in [0.2, 0.25) is 10.0 Å². The van der Waals surface area contributed by atoms with Crippen molar-refractivity contribution in [2.75, 3.05) is 26.2 Å². The standard InChI is InChI=1S/C18H23ClN2O5S.C12H20N2O3.C6H4Cl2O2S/c1-18(2,3)26-17(23)20-10-13-8-15(22)9-14(11-20)21(13)27(24,25)16-6-4-12(19)5-7-16;1-12(2,3)17-11(16)14-6-8-4-10(15)5-9(7-14)13-8;7-5-1-3-6(4-2-5)11(8,9)10/h4-7,13-14H,8-11H2,1-3H3;8-9,13H,4-7H2,1-3H3;1-4H. The van der Waals surface area contributed by atoms with E-state index in [1.165, 1.54) is 57.7 Å². The van der Waals surface area contributed by atoms with Crippen LogP contribution in [0.1, 0.15) is 67.2 Å². The van der Waals surface area contributed by atoms with Gasteiger partial charge in [0.2, 0.25) is 10.0 Å². The Balaban J connectivity index is 0.000000204. The number of hydrogen-bond donors (Lipinski definition) is 1. The number of carbonyl (C=O) groups is 4. The molecule has 0 aliphatic carbocycles. The van der Waals surface area contributed by atoms with Crippen LogP contribution in [0.5, 0.6) is 0 Å². The third-order valence-electron chi connectivity index (χ3n) is 8.60. The molecule has 4 heterocycles. The molecule has 0 radical (unpaired) electrons. The number of Topliss-reactive ketones (excluding diaryl/α,β-unsaturated/α-hetero) is 2. The number of likely N-dealkylation sites (tertiary alicyclic amines) is 2. The fraction of sp³-hybridized carbons (Fsp3) is 0.556. The Kier molecular flexibility index (Phi) is 14.4. The number of ketones is 2. The number of halogens is 3. The molecule has 55 heavy (non-hydrogen) atoms. The van der Waals surface area contributed by atoms with Crippen LogP contribution in [0.4, 0.5) is 9.59 Å². The summed E-state index contributed by atoms with van der Waals surface area (Å²) in [5.74, 6) is 0.305. The number of piperazine rings is 2. The molecule has 4 atom stereocenters. The highest BCUT2D eigenvalue weighted by Crippen LogP contribution is 2.34. The van der Waals surface area contributed by atoms with Gasteiger partial charge in [0.25, 0.3) is 9.05 Å². The lowest BCUT2D eigenvalue weighted by Gasteiger charge is -2.48. The second-order valence-electron chi connectivity index (χ2n) is 15.7. The molecule has 1 N–H and O–H groups in total. The molecule has 4 aliphatic rings. The normalized spacial score (nSPS) is 23.1. The third-order valence-corrected chi connectivity index (χ3v) is 12.5. The Bertz CT molecular complexity index is 1920. The molecule has 0 saturated carbocycles. The minimum Gasteiger partial charge on any atom is -0.444 e. The van der Waals surface area contributed by atoms with Gasteiger partial charge in [-0.25, -0.2) is 26.4 Å². The number of sulfonamides is 1. The van der Waals surface area contributed by atoms with Gasteiger partial charge in [-0.1, -0.05) is 23.2 Å². The van der Waals surface area contributed by atoms with Crippen molar-refractivity contribution in [3.8, 4) is 0 Å². The van der Waals surface area contributed by atoms with Gasteiger partial charge in [-0.3, -0.25) is 9.59 Å². The minimum atomic E-state index is -3.80. The molecule has 14 nitrogen and oxygen atoms in total. The molecule has 304 valence electrons. The average Bonchev–Trinajstić information content (AvgIpc) is 3.02. The summed E-state index contributed by atoms with van der Waals surface area (Å²) in [4.78, 5) is 51.2. The van der Waals surface area contributed by atoms with E-state index in [1.54, 1.807) is 25.7 Å². The number of benzene rings is 2. The van der Waals surface area contributed by atoms with Gasteiger partial charge in [0, 0.05) is 84.7 Å². The van der Waals surface area contributed by atoms with E-state index >= 15 is 0 Å². The quantitative estimate of drug-likeness (QED) is 0.365. The van der Waals surface area contributed by atoms with Crippen molar-refractivity contribution in [3.05, 3.63) is 58.6 Å². The van der Waals surface area contributed by atoms with E-state index in [2.05, 4.69) is 5.32 Å². The van der Waals surface area contributed by atoms with E-state index in [-0.39, 0.29) is 59.7 Å². The zero-order chi connectivity index (χ0) is 41.1. The first-order valence-electron chi connectivity index (χ1n) is 17.6. The van der Waals surface area contributed by atoms with Gasteiger partial charge in [-0.2, -0.15) is 4.31 Å². The molecule has 0 spiro atoms. The van der Waals surface area contributed by atoms with E-state index in [4.69, 9.17) is 43.4 Å². The molecule has 4 aliphatic heterocycles. The second-order valence-corrected chi connectivity index (χ2v) is 21.0. The molecule has 0 aromatic heterocycles. The van der Waals surface area contributed by atoms with Crippen molar-refractivity contribution in [3.63, 3.8) is 0 Å². The highest BCUT2D eigenvalue weighted by molar-refractivity contribution is 8.13. The summed E-state index contributed by atoms with van der Waals surface area (Å²) in [6, 6.07) is 10.6. The van der Waals surface area contributed by atoms with Crippen LogP contribution in [-0.4, -0.2) is 116 Å². The molecule has 4 saturated heterocycles. The smallest absolute Gasteiger partial charge is 0.410 e. The van der Waals surface area contributed by atoms with E-state index in [0.717, 1.165) is 0 Å². The Morgan fingerprint density at radius 3 is 1.38 bits per heavy atom. The van der Waals surface area contributed by atoms with Crippen molar-refractivity contribution < 1.29 is 45.5 Å². The van der Waals surface area contributed by atoms with Gasteiger partial charge in [0.15, 0.2) is 0 Å². The fourth-order valence-corrected chi connectivity index (χ4v) is 9.37. The van der Waals surface area contributed by atoms with Crippen molar-refractivity contribution in [1.82, 2.24) is 19.4 Å². The highest BCUT2D eigenvalue weighted by Gasteiger charge is 2.48. The van der Waals surface area contributed by atoms with Crippen molar-refractivity contribution in [2.24, 2.45) is 0 Å². The van der Waals surface area contributed by atoms with Gasteiger partial charge in [0.05, 0.1) is 21.9 Å². The monoisotopic (exact) mass is 864 g/mol. The molecule has 2 amide bonds. The SMILES string of the molecule is CC(C)(C)OC(=O)N1CC2CC(=O)CC(C1)N2.CC(C)(C)OC(=O)N1CC2CC(=O)CC(C1)N2S(=O)(=O)c1ccc(Cl)cc1.O=S(=O)(Cl)c1ccc(Cl)cc1. The maximum Gasteiger partial charge on any atom is 0.410 e. The van der Waals surface area contributed by atoms with Gasteiger partial charge < -0.3 is 24.6 Å². The number of amides is 2.